The van der Waals surface area contributed by atoms with E-state index < -0.39 is 10.0 Å². The maximum Gasteiger partial charge on any atom is 0.210 e. The molecule has 2 heterocycles. The fraction of sp³-hybridized carbons (Fsp3) is 0.250. The van der Waals surface area contributed by atoms with Crippen molar-refractivity contribution in [1.29, 1.82) is 0 Å². The van der Waals surface area contributed by atoms with Gasteiger partial charge in [-0.25, -0.2) is 23.5 Å². The van der Waals surface area contributed by atoms with Gasteiger partial charge in [0.25, 0.3) is 0 Å². The van der Waals surface area contributed by atoms with E-state index in [-0.39, 0.29) is 12.3 Å². The maximum atomic E-state index is 11.1. The summed E-state index contributed by atoms with van der Waals surface area (Å²) in [7, 11) is -3.51. The molecule has 3 aromatic rings. The van der Waals surface area contributed by atoms with Gasteiger partial charge in [0, 0.05) is 17.5 Å². The molecule has 3 N–H and O–H groups in total. The lowest BCUT2D eigenvalue weighted by atomic mass is 10.0. The van der Waals surface area contributed by atoms with Crippen molar-refractivity contribution in [3.63, 3.8) is 0 Å². The van der Waals surface area contributed by atoms with Gasteiger partial charge in [-0.1, -0.05) is 18.2 Å². The molecule has 0 fully saturated rings. The second-order valence-corrected chi connectivity index (χ2v) is 8.24. The van der Waals surface area contributed by atoms with Gasteiger partial charge in [0.2, 0.25) is 10.0 Å². The average molecular weight is 362 g/mol. The first-order valence-electron chi connectivity index (χ1n) is 7.39. The number of primary sulfonamides is 1. The van der Waals surface area contributed by atoms with Crippen molar-refractivity contribution in [2.24, 2.45) is 5.14 Å². The molecule has 0 saturated heterocycles. The number of rotatable bonds is 5. The minimum Gasteiger partial charge on any atom is -0.368 e. The predicted molar refractivity (Wildman–Crippen MR) is 98.8 cm³/mol. The molecule has 0 aliphatic heterocycles. The van der Waals surface area contributed by atoms with Crippen LogP contribution in [0.5, 0.6) is 0 Å². The van der Waals surface area contributed by atoms with E-state index in [1.807, 2.05) is 5.38 Å². The summed E-state index contributed by atoms with van der Waals surface area (Å²) in [6.45, 7) is 4.36. The van der Waals surface area contributed by atoms with E-state index >= 15 is 0 Å². The standard InChI is InChI=1S/C16H18N4O2S2/c1-10-3-4-12(7-11(10)2)13-8-23-16-14(13)15(19-9-20-16)18-5-6-24(17,21)22/h3-4,7-9H,5-6H2,1-2H3,(H2,17,21,22)(H,18,19,20). The van der Waals surface area contributed by atoms with Crippen LogP contribution in [0.25, 0.3) is 21.3 Å². The third-order valence-corrected chi connectivity index (χ3v) is 5.53. The van der Waals surface area contributed by atoms with Gasteiger partial charge in [-0.2, -0.15) is 0 Å². The van der Waals surface area contributed by atoms with Gasteiger partial charge in [0.1, 0.15) is 17.0 Å². The van der Waals surface area contributed by atoms with Crippen LogP contribution < -0.4 is 10.5 Å². The van der Waals surface area contributed by atoms with Crippen molar-refractivity contribution in [3.8, 4) is 11.1 Å². The second-order valence-electron chi connectivity index (χ2n) is 5.64. The summed E-state index contributed by atoms with van der Waals surface area (Å²) in [5.74, 6) is 0.472. The van der Waals surface area contributed by atoms with E-state index in [0.29, 0.717) is 5.82 Å². The Hall–Kier alpha value is -2.03. The average Bonchev–Trinajstić information content (AvgIpc) is 2.94. The normalized spacial score (nSPS) is 11.8. The Morgan fingerprint density at radius 1 is 1.21 bits per heavy atom. The molecule has 3 rings (SSSR count). The number of aryl methyl sites for hydroxylation is 2. The molecular formula is C16H18N4O2S2. The topological polar surface area (TPSA) is 98.0 Å². The van der Waals surface area contributed by atoms with Gasteiger partial charge in [0.05, 0.1) is 11.1 Å². The third kappa shape index (κ3) is 3.55. The van der Waals surface area contributed by atoms with Crippen molar-refractivity contribution in [2.75, 3.05) is 17.6 Å². The summed E-state index contributed by atoms with van der Waals surface area (Å²) in [5, 5.41) is 11.1. The van der Waals surface area contributed by atoms with E-state index in [9.17, 15) is 8.42 Å². The molecule has 6 nitrogen and oxygen atoms in total. The number of nitrogens with one attached hydrogen (secondary N) is 1. The summed E-state index contributed by atoms with van der Waals surface area (Å²) < 4.78 is 22.2. The van der Waals surface area contributed by atoms with Crippen LogP contribution >= 0.6 is 11.3 Å². The number of benzene rings is 1. The van der Waals surface area contributed by atoms with E-state index in [1.54, 1.807) is 0 Å². The highest BCUT2D eigenvalue weighted by Gasteiger charge is 2.14. The maximum absolute atomic E-state index is 11.1. The number of nitrogens with zero attached hydrogens (tertiary/aromatic N) is 2. The zero-order valence-electron chi connectivity index (χ0n) is 13.4. The van der Waals surface area contributed by atoms with Crippen LogP contribution in [0.1, 0.15) is 11.1 Å². The van der Waals surface area contributed by atoms with Crippen LogP contribution in [0.4, 0.5) is 5.82 Å². The molecule has 24 heavy (non-hydrogen) atoms. The highest BCUT2D eigenvalue weighted by molar-refractivity contribution is 7.89. The first kappa shape index (κ1) is 16.8. The summed E-state index contributed by atoms with van der Waals surface area (Å²) in [5.41, 5.74) is 4.58. The molecule has 0 amide bonds. The lowest BCUT2D eigenvalue weighted by Gasteiger charge is -2.09. The number of hydrogen-bond acceptors (Lipinski definition) is 6. The molecule has 0 aliphatic rings. The zero-order valence-corrected chi connectivity index (χ0v) is 15.0. The van der Waals surface area contributed by atoms with E-state index in [0.717, 1.165) is 21.3 Å². The van der Waals surface area contributed by atoms with Gasteiger partial charge in [-0.3, -0.25) is 0 Å². The zero-order chi connectivity index (χ0) is 17.3. The molecule has 0 radical (unpaired) electrons. The Morgan fingerprint density at radius 2 is 2.00 bits per heavy atom. The molecule has 0 spiro atoms. The van der Waals surface area contributed by atoms with Crippen molar-refractivity contribution in [1.82, 2.24) is 9.97 Å². The van der Waals surface area contributed by atoms with Crippen LogP contribution in [0.15, 0.2) is 29.9 Å². The lowest BCUT2D eigenvalue weighted by Crippen LogP contribution is -2.22. The number of thiophene rings is 1. The first-order chi connectivity index (χ1) is 11.3. The number of nitrogens with two attached hydrogens (primary N) is 1. The number of sulfonamides is 1. The fourth-order valence-electron chi connectivity index (χ4n) is 2.44. The molecule has 0 aliphatic carbocycles. The van der Waals surface area contributed by atoms with Crippen molar-refractivity contribution in [3.05, 3.63) is 41.0 Å². The molecule has 126 valence electrons. The molecular weight excluding hydrogens is 344 g/mol. The summed E-state index contributed by atoms with van der Waals surface area (Å²) in [6.07, 6.45) is 1.47. The van der Waals surface area contributed by atoms with Crippen LogP contribution in [0.2, 0.25) is 0 Å². The second kappa shape index (κ2) is 6.46. The van der Waals surface area contributed by atoms with Crippen molar-refractivity contribution >= 4 is 37.4 Å². The van der Waals surface area contributed by atoms with Crippen molar-refractivity contribution < 1.29 is 8.42 Å². The van der Waals surface area contributed by atoms with Gasteiger partial charge in [0.15, 0.2) is 0 Å². The Kier molecular flexibility index (Phi) is 4.53. The highest BCUT2D eigenvalue weighted by atomic mass is 32.2. The van der Waals surface area contributed by atoms with E-state index in [4.69, 9.17) is 5.14 Å². The first-order valence-corrected chi connectivity index (χ1v) is 9.99. The number of hydrogen-bond donors (Lipinski definition) is 2. The molecule has 8 heteroatoms. The van der Waals surface area contributed by atoms with Crippen LogP contribution in [-0.2, 0) is 10.0 Å². The van der Waals surface area contributed by atoms with Crippen LogP contribution in [0, 0.1) is 13.8 Å². The van der Waals surface area contributed by atoms with E-state index in [1.165, 1.54) is 28.8 Å². The van der Waals surface area contributed by atoms with Gasteiger partial charge >= 0.3 is 0 Å². The minimum absolute atomic E-state index is 0.151. The summed E-state index contributed by atoms with van der Waals surface area (Å²) in [6, 6.07) is 6.30. The number of aromatic nitrogens is 2. The van der Waals surface area contributed by atoms with Crippen LogP contribution in [-0.4, -0.2) is 30.7 Å². The summed E-state index contributed by atoms with van der Waals surface area (Å²) in [4.78, 5) is 9.44. The Balaban J connectivity index is 2.02. The molecule has 2 aromatic heterocycles. The Bertz CT molecular complexity index is 996. The number of fused-ring (bicyclic) bond motifs is 1. The Morgan fingerprint density at radius 3 is 2.71 bits per heavy atom. The largest absolute Gasteiger partial charge is 0.368 e. The molecule has 1 aromatic carbocycles. The fourth-order valence-corrected chi connectivity index (χ4v) is 3.74. The summed E-state index contributed by atoms with van der Waals surface area (Å²) >= 11 is 1.54. The third-order valence-electron chi connectivity index (χ3n) is 3.87. The minimum atomic E-state index is -3.51. The lowest BCUT2D eigenvalue weighted by molar-refractivity contribution is 0.598. The van der Waals surface area contributed by atoms with Crippen molar-refractivity contribution in [2.45, 2.75) is 13.8 Å². The van der Waals surface area contributed by atoms with Crippen LogP contribution in [0.3, 0.4) is 0 Å². The van der Waals surface area contributed by atoms with E-state index in [2.05, 4.69) is 47.3 Å². The smallest absolute Gasteiger partial charge is 0.210 e. The number of anilines is 1. The SMILES string of the molecule is Cc1ccc(-c2csc3ncnc(NCCS(N)(=O)=O)c23)cc1C. The highest BCUT2D eigenvalue weighted by Crippen LogP contribution is 2.36. The van der Waals surface area contributed by atoms with Gasteiger partial charge < -0.3 is 5.32 Å². The monoisotopic (exact) mass is 362 g/mol. The molecule has 0 saturated carbocycles. The molecule has 0 unspecified atom stereocenters. The van der Waals surface area contributed by atoms with Gasteiger partial charge in [-0.15, -0.1) is 11.3 Å². The molecule has 0 bridgehead atoms. The Labute approximate surface area is 144 Å². The predicted octanol–water partition coefficient (Wildman–Crippen LogP) is 2.68. The quantitative estimate of drug-likeness (QED) is 0.727. The molecule has 0 atom stereocenters. The van der Waals surface area contributed by atoms with Gasteiger partial charge in [-0.05, 0) is 30.5 Å².